The summed E-state index contributed by atoms with van der Waals surface area (Å²) in [6, 6.07) is 16.3. The number of thiazole rings is 2. The molecule has 2 heterocycles. The zero-order chi connectivity index (χ0) is 34.1. The average molecular weight is 816 g/mol. The van der Waals surface area contributed by atoms with Crippen molar-refractivity contribution in [3.63, 3.8) is 0 Å². The number of nitrogens with zero attached hydrogens (tertiary/aromatic N) is 8. The Bertz CT molecular complexity index is 1410. The number of azo groups is 2. The van der Waals surface area contributed by atoms with Gasteiger partial charge in [-0.1, -0.05) is 0 Å². The van der Waals surface area contributed by atoms with Crippen LogP contribution >= 0.6 is 61.4 Å². The third kappa shape index (κ3) is 15.5. The summed E-state index contributed by atoms with van der Waals surface area (Å²) in [6.45, 7) is 10.2. The van der Waals surface area contributed by atoms with E-state index in [9.17, 15) is 0 Å². The molecular formula is C30H40Cl4N8O2S2Zn. The van der Waals surface area contributed by atoms with Crippen LogP contribution in [0.1, 0.15) is 13.8 Å². The van der Waals surface area contributed by atoms with E-state index in [0.29, 0.717) is 26.4 Å². The Labute approximate surface area is 304 Å². The monoisotopic (exact) mass is 812 g/mol. The van der Waals surface area contributed by atoms with Crippen LogP contribution in [0.25, 0.3) is 0 Å². The third-order valence-electron chi connectivity index (χ3n) is 6.60. The second-order valence-corrected chi connectivity index (χ2v) is 39.5. The van der Waals surface area contributed by atoms with E-state index in [1.165, 1.54) is 0 Å². The van der Waals surface area contributed by atoms with Gasteiger partial charge in [-0.15, -0.1) is 0 Å². The van der Waals surface area contributed by atoms with Crippen LogP contribution in [-0.4, -0.2) is 52.6 Å². The van der Waals surface area contributed by atoms with E-state index in [1.54, 1.807) is 22.7 Å². The molecule has 0 aliphatic heterocycles. The van der Waals surface area contributed by atoms with Crippen molar-refractivity contribution in [1.29, 1.82) is 0 Å². The van der Waals surface area contributed by atoms with Gasteiger partial charge in [-0.3, -0.25) is 0 Å². The molecule has 0 N–H and O–H groups in total. The van der Waals surface area contributed by atoms with Crippen LogP contribution in [0.15, 0.2) is 92.1 Å². The zero-order valence-corrected chi connectivity index (χ0v) is 34.6. The summed E-state index contributed by atoms with van der Waals surface area (Å²) in [7, 11) is 20.7. The van der Waals surface area contributed by atoms with Crippen molar-refractivity contribution in [3.05, 3.63) is 71.7 Å². The minimum atomic E-state index is -3.36. The van der Waals surface area contributed by atoms with Gasteiger partial charge in [-0.05, 0) is 95.3 Å². The maximum absolute atomic E-state index is 5.86. The number of likely N-dealkylation sites (N-methyl/N-ethyl adjacent to an activating group) is 2. The molecule has 0 spiro atoms. The fraction of sp³-hybridized carbons (Fsp3) is 0.400. The number of aryl methyl sites for hydroxylation is 2. The predicted octanol–water partition coefficient (Wildman–Crippen LogP) is 9.43. The van der Waals surface area contributed by atoms with Crippen LogP contribution in [0.4, 0.5) is 33.0 Å². The summed E-state index contributed by atoms with van der Waals surface area (Å²) < 4.78 is 15.6. The van der Waals surface area contributed by atoms with Crippen LogP contribution in [0.2, 0.25) is 0 Å². The second kappa shape index (κ2) is 21.3. The molecule has 0 atom stereocenters. The summed E-state index contributed by atoms with van der Waals surface area (Å²) in [5.74, 6) is 0. The molecular weight excluding hydrogens is 776 g/mol. The molecule has 4 rings (SSSR count). The molecule has 0 radical (unpaired) electrons. The van der Waals surface area contributed by atoms with E-state index in [1.807, 2.05) is 70.6 Å². The Balaban J connectivity index is 0.00000111. The topological polar surface area (TPSA) is 82.1 Å². The summed E-state index contributed by atoms with van der Waals surface area (Å²) in [5, 5.41) is 23.1. The van der Waals surface area contributed by atoms with Gasteiger partial charge in [0, 0.05) is 48.3 Å². The number of ether oxygens (including phenoxy) is 2. The average Bonchev–Trinajstić information content (AvgIpc) is 3.66. The van der Waals surface area contributed by atoms with E-state index in [4.69, 9.17) is 48.2 Å². The number of rotatable bonds is 17. The first-order valence-electron chi connectivity index (χ1n) is 15.2. The van der Waals surface area contributed by atoms with Crippen LogP contribution in [0.3, 0.4) is 0 Å². The molecule has 0 saturated heterocycles. The number of anilines is 2. The van der Waals surface area contributed by atoms with Crippen molar-refractivity contribution in [1.82, 2.24) is 0 Å². The molecule has 2 aromatic carbocycles. The predicted molar refractivity (Wildman–Crippen MR) is 193 cm³/mol. The summed E-state index contributed by atoms with van der Waals surface area (Å²) in [5.41, 5.74) is 3.96. The van der Waals surface area contributed by atoms with Gasteiger partial charge in [0.15, 0.2) is 0 Å². The first-order chi connectivity index (χ1) is 22.6. The van der Waals surface area contributed by atoms with E-state index in [0.717, 1.165) is 59.2 Å². The Morgan fingerprint density at radius 1 is 0.617 bits per heavy atom. The fourth-order valence-electron chi connectivity index (χ4n) is 4.12. The van der Waals surface area contributed by atoms with Crippen molar-refractivity contribution < 1.29 is 29.4 Å². The molecule has 2 aromatic heterocycles. The molecule has 0 amide bonds. The van der Waals surface area contributed by atoms with Crippen molar-refractivity contribution in [2.45, 2.75) is 13.8 Å². The standard InChI is InChI=1S/C30H40N8O2S2.4ClH.Zn/c1-5-37(27-11-7-25(8-12-27)31-33-29-35(3)17-23-41-29)15-19-39-21-22-40-20-16-38(6-2)28-13-9-26(10-14-28)32-34-30-36(4)18-24-42-30;;;;;/h7-14,17-18,23-24H,5-6,15-16,19-22H2,1-4H3;4*1H;/q+2;;;;;+2/p-4. The van der Waals surface area contributed by atoms with Gasteiger partial charge in [0.05, 0.1) is 50.8 Å². The quantitative estimate of drug-likeness (QED) is 0.0461. The fourth-order valence-corrected chi connectivity index (χ4v) is 5.48. The molecule has 254 valence electrons. The Morgan fingerprint density at radius 3 is 1.28 bits per heavy atom. The normalized spacial score (nSPS) is 11.7. The number of hydrogen-bond acceptors (Lipinski definition) is 10. The van der Waals surface area contributed by atoms with Gasteiger partial charge in [0.1, 0.15) is 23.8 Å². The van der Waals surface area contributed by atoms with Crippen LogP contribution in [0, 0.1) is 0 Å². The third-order valence-corrected chi connectivity index (χ3v) is 8.27. The number of halogens is 4. The van der Waals surface area contributed by atoms with Gasteiger partial charge in [0.25, 0.3) is 0 Å². The molecule has 0 aliphatic carbocycles. The zero-order valence-electron chi connectivity index (χ0n) is 27.0. The molecule has 47 heavy (non-hydrogen) atoms. The molecule has 0 aliphatic rings. The summed E-state index contributed by atoms with van der Waals surface area (Å²) in [6.07, 6.45) is 3.94. The Morgan fingerprint density at radius 2 is 0.979 bits per heavy atom. The summed E-state index contributed by atoms with van der Waals surface area (Å²) in [4.78, 5) is 4.57. The summed E-state index contributed by atoms with van der Waals surface area (Å²) >= 11 is 3.13. The Kier molecular flexibility index (Phi) is 18.0. The molecule has 0 unspecified atom stereocenters. The molecule has 0 bridgehead atoms. The van der Waals surface area contributed by atoms with Gasteiger partial charge in [-0.25, -0.2) is 9.13 Å². The number of hydrogen-bond donors (Lipinski definition) is 0. The van der Waals surface area contributed by atoms with Crippen molar-refractivity contribution in [2.75, 3.05) is 62.4 Å². The van der Waals surface area contributed by atoms with Gasteiger partial charge in [0.2, 0.25) is 0 Å². The Hall–Kier alpha value is -1.80. The second-order valence-electron chi connectivity index (χ2n) is 10.0. The van der Waals surface area contributed by atoms with E-state index in [2.05, 4.69) is 68.4 Å². The van der Waals surface area contributed by atoms with E-state index >= 15 is 0 Å². The SMILES string of the molecule is CCN(CCOCCOCCN(CC)c1ccc(N=Nc2scc[n+]2C)cc1)c1ccc(N=Nc2scc[n+]2C)cc1.[Cl][Zn-2]([Cl])([Cl])[Cl]. The van der Waals surface area contributed by atoms with Crippen LogP contribution < -0.4 is 18.9 Å². The van der Waals surface area contributed by atoms with Gasteiger partial charge in [-0.2, -0.15) is 0 Å². The van der Waals surface area contributed by atoms with Gasteiger partial charge >= 0.3 is 59.8 Å². The minimum absolute atomic E-state index is 0.574. The number of benzene rings is 2. The molecule has 10 nitrogen and oxygen atoms in total. The number of aromatic nitrogens is 2. The molecule has 0 fully saturated rings. The first kappa shape index (κ1) is 39.6. The van der Waals surface area contributed by atoms with E-state index in [-0.39, 0.29) is 0 Å². The molecule has 4 aromatic rings. The van der Waals surface area contributed by atoms with Crippen molar-refractivity contribution >= 4 is 94.5 Å². The first-order valence-corrected chi connectivity index (χ1v) is 32.5. The van der Waals surface area contributed by atoms with Crippen LogP contribution in [0.5, 0.6) is 0 Å². The van der Waals surface area contributed by atoms with Crippen molar-refractivity contribution in [2.24, 2.45) is 34.6 Å². The molecule has 17 heteroatoms. The molecule has 0 saturated carbocycles. The van der Waals surface area contributed by atoms with Gasteiger partial charge < -0.3 is 19.3 Å². The van der Waals surface area contributed by atoms with Crippen LogP contribution in [-0.2, 0) is 34.4 Å². The van der Waals surface area contributed by atoms with Crippen molar-refractivity contribution in [3.8, 4) is 0 Å². The maximum atomic E-state index is 5.86. The van der Waals surface area contributed by atoms with E-state index < -0.39 is 10.8 Å².